The summed E-state index contributed by atoms with van der Waals surface area (Å²) in [4.78, 5) is 31.1. The molecule has 0 aromatic rings. The SMILES string of the molecule is CCCC(CCC)C(=O)[O-].CCCC(CCC)C(=O)[O-].CCCC(CCC)C(=O)[O-].[Fe+3]. The van der Waals surface area contributed by atoms with E-state index >= 15 is 0 Å². The van der Waals surface area contributed by atoms with Crippen LogP contribution in [-0.4, -0.2) is 17.9 Å². The molecule has 0 saturated heterocycles. The molecule has 0 spiro atoms. The van der Waals surface area contributed by atoms with E-state index in [9.17, 15) is 29.7 Å². The van der Waals surface area contributed by atoms with Crippen molar-refractivity contribution in [3.05, 3.63) is 0 Å². The minimum absolute atomic E-state index is 0. The predicted molar refractivity (Wildman–Crippen MR) is 115 cm³/mol. The van der Waals surface area contributed by atoms with E-state index < -0.39 is 17.9 Å². The van der Waals surface area contributed by atoms with Crippen molar-refractivity contribution in [2.75, 3.05) is 0 Å². The quantitative estimate of drug-likeness (QED) is 0.329. The molecule has 0 N–H and O–H groups in total. The van der Waals surface area contributed by atoms with Gasteiger partial charge in [0.05, 0.1) is 0 Å². The van der Waals surface area contributed by atoms with Crippen molar-refractivity contribution in [2.24, 2.45) is 17.8 Å². The summed E-state index contributed by atoms with van der Waals surface area (Å²) in [6.07, 6.45) is 10.1. The Bertz CT molecular complexity index is 348. The van der Waals surface area contributed by atoms with E-state index in [0.717, 1.165) is 77.0 Å². The third-order valence-corrected chi connectivity index (χ3v) is 4.82. The Labute approximate surface area is 201 Å². The van der Waals surface area contributed by atoms with Crippen molar-refractivity contribution >= 4 is 17.9 Å². The van der Waals surface area contributed by atoms with Crippen LogP contribution >= 0.6 is 0 Å². The molecule has 7 heteroatoms. The van der Waals surface area contributed by atoms with Crippen LogP contribution in [0.5, 0.6) is 0 Å². The number of carboxylic acids is 3. The van der Waals surface area contributed by atoms with Crippen LogP contribution in [0.15, 0.2) is 0 Å². The molecule has 0 rings (SSSR count). The molecule has 31 heavy (non-hydrogen) atoms. The van der Waals surface area contributed by atoms with E-state index in [2.05, 4.69) is 0 Å². The van der Waals surface area contributed by atoms with Crippen molar-refractivity contribution < 1.29 is 46.8 Å². The van der Waals surface area contributed by atoms with E-state index in [1.807, 2.05) is 41.5 Å². The second-order valence-corrected chi connectivity index (χ2v) is 7.78. The van der Waals surface area contributed by atoms with Gasteiger partial charge in [0.1, 0.15) is 0 Å². The predicted octanol–water partition coefficient (Wildman–Crippen LogP) is 2.86. The minimum atomic E-state index is -0.885. The van der Waals surface area contributed by atoms with E-state index in [-0.39, 0.29) is 34.8 Å². The number of carbonyl (C=O) groups is 3. The van der Waals surface area contributed by atoms with Crippen LogP contribution in [0.25, 0.3) is 0 Å². The van der Waals surface area contributed by atoms with Crippen molar-refractivity contribution in [1.29, 1.82) is 0 Å². The Kier molecular flexibility index (Phi) is 32.4. The average Bonchev–Trinajstić information content (AvgIpc) is 2.68. The third kappa shape index (κ3) is 25.1. The summed E-state index contributed by atoms with van der Waals surface area (Å²) < 4.78 is 0. The molecule has 0 heterocycles. The summed E-state index contributed by atoms with van der Waals surface area (Å²) in [5.41, 5.74) is 0. The van der Waals surface area contributed by atoms with Crippen molar-refractivity contribution in [2.45, 2.75) is 119 Å². The molecule has 0 fully saturated rings. The number of hydrogen-bond acceptors (Lipinski definition) is 6. The van der Waals surface area contributed by atoms with Crippen LogP contribution in [0.2, 0.25) is 0 Å². The van der Waals surface area contributed by atoms with Crippen molar-refractivity contribution in [3.8, 4) is 0 Å². The Hall–Kier alpha value is -1.07. The molecule has 0 aromatic heterocycles. The molecule has 0 amide bonds. The summed E-state index contributed by atoms with van der Waals surface area (Å²) in [5.74, 6) is -3.30. The van der Waals surface area contributed by atoms with Gasteiger partial charge in [-0.15, -0.1) is 0 Å². The van der Waals surface area contributed by atoms with Gasteiger partial charge in [-0.1, -0.05) is 80.1 Å². The fourth-order valence-electron chi connectivity index (χ4n) is 3.23. The summed E-state index contributed by atoms with van der Waals surface area (Å²) in [6.45, 7) is 12.0. The van der Waals surface area contributed by atoms with Crippen molar-refractivity contribution in [3.63, 3.8) is 0 Å². The van der Waals surface area contributed by atoms with Crippen molar-refractivity contribution in [1.82, 2.24) is 0 Å². The Morgan fingerprint density at radius 2 is 0.581 bits per heavy atom. The van der Waals surface area contributed by atoms with Crippen LogP contribution in [0.1, 0.15) is 119 Å². The average molecular weight is 485 g/mol. The standard InChI is InChI=1S/3C8H16O2.Fe/c3*1-3-5-7(6-4-2)8(9)10;/h3*7H,3-6H2,1-2H3,(H,9,10);/q;;;+3/p-3. The first-order valence-electron chi connectivity index (χ1n) is 11.8. The molecule has 0 aliphatic heterocycles. The van der Waals surface area contributed by atoms with E-state index in [4.69, 9.17) is 0 Å². The first-order chi connectivity index (χ1) is 14.2. The van der Waals surface area contributed by atoms with Gasteiger partial charge in [0.25, 0.3) is 0 Å². The van der Waals surface area contributed by atoms with Gasteiger partial charge < -0.3 is 29.7 Å². The van der Waals surface area contributed by atoms with Gasteiger partial charge in [0, 0.05) is 17.9 Å². The molecule has 0 aliphatic carbocycles. The molecule has 0 aliphatic rings. The molecule has 1 radical (unpaired) electrons. The Morgan fingerprint density at radius 1 is 0.452 bits per heavy atom. The smallest absolute Gasteiger partial charge is 0.550 e. The molecule has 0 atom stereocenters. The molecular formula is C24H45FeO6. The maximum Gasteiger partial charge on any atom is 3.00 e. The van der Waals surface area contributed by atoms with E-state index in [1.165, 1.54) is 0 Å². The number of rotatable bonds is 15. The zero-order chi connectivity index (χ0) is 23.9. The Morgan fingerprint density at radius 3 is 0.645 bits per heavy atom. The summed E-state index contributed by atoms with van der Waals surface area (Å²) >= 11 is 0. The molecule has 0 unspecified atom stereocenters. The normalized spacial score (nSPS) is 9.97. The van der Waals surface area contributed by atoms with Crippen LogP contribution in [0.3, 0.4) is 0 Å². The second-order valence-electron chi connectivity index (χ2n) is 7.78. The monoisotopic (exact) mass is 485 g/mol. The first kappa shape index (κ1) is 37.3. The largest absolute Gasteiger partial charge is 3.00 e. The number of carboxylic acid groups (broad SMARTS) is 3. The van der Waals surface area contributed by atoms with Crippen LogP contribution < -0.4 is 15.3 Å². The van der Waals surface area contributed by atoms with E-state index in [1.54, 1.807) is 0 Å². The van der Waals surface area contributed by atoms with Crippen LogP contribution in [0, 0.1) is 17.8 Å². The molecular weight excluding hydrogens is 440 g/mol. The second kappa shape index (κ2) is 27.0. The summed E-state index contributed by atoms with van der Waals surface area (Å²) in [5, 5.41) is 31.1. The fraction of sp³-hybridized carbons (Fsp3) is 0.875. The molecule has 0 saturated carbocycles. The summed E-state index contributed by atoms with van der Waals surface area (Å²) in [6, 6.07) is 0. The van der Waals surface area contributed by atoms with Gasteiger partial charge in [0.2, 0.25) is 0 Å². The van der Waals surface area contributed by atoms with Gasteiger partial charge >= 0.3 is 17.1 Å². The van der Waals surface area contributed by atoms with Gasteiger partial charge in [0.15, 0.2) is 0 Å². The third-order valence-electron chi connectivity index (χ3n) is 4.82. The zero-order valence-corrected chi connectivity index (χ0v) is 21.6. The Balaban J connectivity index is -0.000000174. The molecule has 0 bridgehead atoms. The topological polar surface area (TPSA) is 120 Å². The minimum Gasteiger partial charge on any atom is -0.550 e. The zero-order valence-electron chi connectivity index (χ0n) is 20.5. The maximum atomic E-state index is 10.4. The number of hydrogen-bond donors (Lipinski definition) is 0. The van der Waals surface area contributed by atoms with Gasteiger partial charge in [-0.3, -0.25) is 0 Å². The van der Waals surface area contributed by atoms with E-state index in [0.29, 0.717) is 0 Å². The maximum absolute atomic E-state index is 10.4. The molecule has 0 aromatic carbocycles. The van der Waals surface area contributed by atoms with Crippen LogP contribution in [-0.2, 0) is 31.5 Å². The van der Waals surface area contributed by atoms with Gasteiger partial charge in [-0.2, -0.15) is 0 Å². The number of carbonyl (C=O) groups excluding carboxylic acids is 3. The van der Waals surface area contributed by atoms with Gasteiger partial charge in [-0.05, 0) is 56.3 Å². The molecule has 6 nitrogen and oxygen atoms in total. The van der Waals surface area contributed by atoms with Gasteiger partial charge in [-0.25, -0.2) is 0 Å². The first-order valence-corrected chi connectivity index (χ1v) is 11.8. The number of aliphatic carboxylic acids is 3. The molecule has 185 valence electrons. The van der Waals surface area contributed by atoms with Crippen LogP contribution in [0.4, 0.5) is 0 Å². The fourth-order valence-corrected chi connectivity index (χ4v) is 3.23. The summed E-state index contributed by atoms with van der Waals surface area (Å²) in [7, 11) is 0.